The van der Waals surface area contributed by atoms with E-state index in [0.29, 0.717) is 30.5 Å². The first kappa shape index (κ1) is 15.5. The fourth-order valence-electron chi connectivity index (χ4n) is 2.58. The van der Waals surface area contributed by atoms with Gasteiger partial charge in [-0.15, -0.1) is 0 Å². The summed E-state index contributed by atoms with van der Waals surface area (Å²) in [5, 5.41) is 3.77. The van der Waals surface area contributed by atoms with Crippen LogP contribution in [0.3, 0.4) is 0 Å². The molecule has 0 bridgehead atoms. The third-order valence-electron chi connectivity index (χ3n) is 3.91. The van der Waals surface area contributed by atoms with Gasteiger partial charge >= 0.3 is 0 Å². The van der Waals surface area contributed by atoms with Crippen molar-refractivity contribution in [2.24, 2.45) is 0 Å². The number of hydrogen-bond donors (Lipinski definition) is 0. The highest BCUT2D eigenvalue weighted by atomic mass is 16.5. The number of carbonyl (C=O) groups is 1. The SMILES string of the molecule is Cc1cc(C(=O)N2CCN(c3ccnc(C(C)C)n3)CC2)on1. The zero-order chi connectivity index (χ0) is 16.4. The molecule has 0 aliphatic carbocycles. The monoisotopic (exact) mass is 315 g/mol. The van der Waals surface area contributed by atoms with Crippen LogP contribution in [0.25, 0.3) is 0 Å². The molecule has 0 saturated carbocycles. The van der Waals surface area contributed by atoms with Gasteiger partial charge in [-0.05, 0) is 13.0 Å². The van der Waals surface area contributed by atoms with Gasteiger partial charge in [0, 0.05) is 44.4 Å². The average Bonchev–Trinajstić information content (AvgIpc) is 3.01. The van der Waals surface area contributed by atoms with Gasteiger partial charge in [0.25, 0.3) is 5.91 Å². The Kier molecular flexibility index (Phi) is 4.27. The molecule has 1 aliphatic heterocycles. The lowest BCUT2D eigenvalue weighted by molar-refractivity contribution is 0.0704. The molecule has 0 atom stereocenters. The number of hydrogen-bond acceptors (Lipinski definition) is 6. The minimum atomic E-state index is -0.101. The molecule has 2 aromatic rings. The zero-order valence-corrected chi connectivity index (χ0v) is 13.7. The molecule has 1 saturated heterocycles. The second kappa shape index (κ2) is 6.36. The van der Waals surface area contributed by atoms with Crippen LogP contribution >= 0.6 is 0 Å². The first-order valence-electron chi connectivity index (χ1n) is 7.85. The number of piperazine rings is 1. The Balaban J connectivity index is 1.64. The third-order valence-corrected chi connectivity index (χ3v) is 3.91. The van der Waals surface area contributed by atoms with E-state index >= 15 is 0 Å². The van der Waals surface area contributed by atoms with Crippen molar-refractivity contribution in [3.8, 4) is 0 Å². The molecule has 2 aromatic heterocycles. The van der Waals surface area contributed by atoms with Gasteiger partial charge in [0.1, 0.15) is 11.6 Å². The van der Waals surface area contributed by atoms with Crippen LogP contribution in [-0.4, -0.2) is 52.1 Å². The number of aryl methyl sites for hydroxylation is 1. The molecule has 0 radical (unpaired) electrons. The Labute approximate surface area is 135 Å². The Morgan fingerprint density at radius 1 is 1.26 bits per heavy atom. The largest absolute Gasteiger partial charge is 0.353 e. The lowest BCUT2D eigenvalue weighted by atomic mass is 10.2. The quantitative estimate of drug-likeness (QED) is 0.860. The van der Waals surface area contributed by atoms with Crippen molar-refractivity contribution >= 4 is 11.7 Å². The standard InChI is InChI=1S/C16H21N5O2/c1-11(2)15-17-5-4-14(18-15)20-6-8-21(9-7-20)16(22)13-10-12(3)19-23-13/h4-5,10-11H,6-9H2,1-3H3. The van der Waals surface area contributed by atoms with Crippen molar-refractivity contribution in [3.63, 3.8) is 0 Å². The van der Waals surface area contributed by atoms with Crippen molar-refractivity contribution in [3.05, 3.63) is 35.6 Å². The highest BCUT2D eigenvalue weighted by Gasteiger charge is 2.25. The molecule has 1 aliphatic rings. The molecule has 23 heavy (non-hydrogen) atoms. The van der Waals surface area contributed by atoms with E-state index < -0.39 is 0 Å². The summed E-state index contributed by atoms with van der Waals surface area (Å²) in [6, 6.07) is 3.59. The summed E-state index contributed by atoms with van der Waals surface area (Å²) in [7, 11) is 0. The summed E-state index contributed by atoms with van der Waals surface area (Å²) >= 11 is 0. The van der Waals surface area contributed by atoms with Gasteiger partial charge in [0.15, 0.2) is 0 Å². The normalized spacial score (nSPS) is 15.3. The summed E-state index contributed by atoms with van der Waals surface area (Å²) in [6.07, 6.45) is 1.80. The minimum Gasteiger partial charge on any atom is -0.353 e. The van der Waals surface area contributed by atoms with Gasteiger partial charge < -0.3 is 14.3 Å². The van der Waals surface area contributed by atoms with E-state index in [1.165, 1.54) is 0 Å². The molecule has 7 nitrogen and oxygen atoms in total. The van der Waals surface area contributed by atoms with Crippen LogP contribution in [-0.2, 0) is 0 Å². The number of rotatable bonds is 3. The second-order valence-corrected chi connectivity index (χ2v) is 6.04. The van der Waals surface area contributed by atoms with Crippen molar-refractivity contribution in [1.82, 2.24) is 20.0 Å². The van der Waals surface area contributed by atoms with E-state index in [9.17, 15) is 4.79 Å². The van der Waals surface area contributed by atoms with Gasteiger partial charge in [-0.3, -0.25) is 4.79 Å². The highest BCUT2D eigenvalue weighted by Crippen LogP contribution is 2.17. The van der Waals surface area contributed by atoms with E-state index in [0.717, 1.165) is 24.7 Å². The second-order valence-electron chi connectivity index (χ2n) is 6.04. The van der Waals surface area contributed by atoms with E-state index in [4.69, 9.17) is 4.52 Å². The molecular formula is C16H21N5O2. The van der Waals surface area contributed by atoms with Crippen LogP contribution in [0.4, 0.5) is 5.82 Å². The van der Waals surface area contributed by atoms with Crippen LogP contribution in [0.15, 0.2) is 22.9 Å². The maximum Gasteiger partial charge on any atom is 0.292 e. The van der Waals surface area contributed by atoms with E-state index in [1.807, 2.05) is 6.07 Å². The summed E-state index contributed by atoms with van der Waals surface area (Å²) in [4.78, 5) is 25.2. The number of anilines is 1. The van der Waals surface area contributed by atoms with Crippen molar-refractivity contribution < 1.29 is 9.32 Å². The zero-order valence-electron chi connectivity index (χ0n) is 13.7. The van der Waals surface area contributed by atoms with Crippen molar-refractivity contribution in [2.75, 3.05) is 31.1 Å². The fourth-order valence-corrected chi connectivity index (χ4v) is 2.58. The predicted octanol–water partition coefficient (Wildman–Crippen LogP) is 1.86. The van der Waals surface area contributed by atoms with Gasteiger partial charge in [0.2, 0.25) is 5.76 Å². The molecule has 0 N–H and O–H groups in total. The molecule has 7 heteroatoms. The number of nitrogens with zero attached hydrogens (tertiary/aromatic N) is 5. The Hall–Kier alpha value is -2.44. The first-order chi connectivity index (χ1) is 11.0. The molecule has 0 unspecified atom stereocenters. The lowest BCUT2D eigenvalue weighted by Crippen LogP contribution is -2.49. The van der Waals surface area contributed by atoms with E-state index in [-0.39, 0.29) is 5.91 Å². The molecule has 1 fully saturated rings. The van der Waals surface area contributed by atoms with Gasteiger partial charge in [0.05, 0.1) is 5.69 Å². The molecule has 0 aromatic carbocycles. The highest BCUT2D eigenvalue weighted by molar-refractivity contribution is 5.91. The van der Waals surface area contributed by atoms with Crippen LogP contribution in [0, 0.1) is 6.92 Å². The smallest absolute Gasteiger partial charge is 0.292 e. The van der Waals surface area contributed by atoms with Crippen LogP contribution < -0.4 is 4.90 Å². The minimum absolute atomic E-state index is 0.101. The van der Waals surface area contributed by atoms with Gasteiger partial charge in [-0.25, -0.2) is 9.97 Å². The Bertz CT molecular complexity index is 689. The number of amides is 1. The number of carbonyl (C=O) groups excluding carboxylic acids is 1. The van der Waals surface area contributed by atoms with Crippen molar-refractivity contribution in [1.29, 1.82) is 0 Å². The van der Waals surface area contributed by atoms with Crippen LogP contribution in [0.2, 0.25) is 0 Å². The molecule has 3 heterocycles. The Morgan fingerprint density at radius 3 is 2.61 bits per heavy atom. The predicted molar refractivity (Wildman–Crippen MR) is 85.5 cm³/mol. The summed E-state index contributed by atoms with van der Waals surface area (Å²) in [5.74, 6) is 2.27. The number of aromatic nitrogens is 3. The van der Waals surface area contributed by atoms with Crippen LogP contribution in [0.1, 0.15) is 41.8 Å². The summed E-state index contributed by atoms with van der Waals surface area (Å²) < 4.78 is 5.06. The molecular weight excluding hydrogens is 294 g/mol. The maximum absolute atomic E-state index is 12.3. The topological polar surface area (TPSA) is 75.4 Å². The van der Waals surface area contributed by atoms with Crippen LogP contribution in [0.5, 0.6) is 0 Å². The molecule has 1 amide bonds. The van der Waals surface area contributed by atoms with Gasteiger partial charge in [-0.2, -0.15) is 0 Å². The third kappa shape index (κ3) is 3.33. The average molecular weight is 315 g/mol. The van der Waals surface area contributed by atoms with Gasteiger partial charge in [-0.1, -0.05) is 19.0 Å². The van der Waals surface area contributed by atoms with E-state index in [2.05, 4.69) is 33.9 Å². The summed E-state index contributed by atoms with van der Waals surface area (Å²) in [5.41, 5.74) is 0.717. The van der Waals surface area contributed by atoms with E-state index in [1.54, 1.807) is 24.1 Å². The maximum atomic E-state index is 12.3. The van der Waals surface area contributed by atoms with Crippen molar-refractivity contribution in [2.45, 2.75) is 26.7 Å². The molecule has 122 valence electrons. The summed E-state index contributed by atoms with van der Waals surface area (Å²) in [6.45, 7) is 8.73. The Morgan fingerprint density at radius 2 is 2.00 bits per heavy atom. The molecule has 0 spiro atoms. The molecule has 3 rings (SSSR count). The lowest BCUT2D eigenvalue weighted by Gasteiger charge is -2.35. The fraction of sp³-hybridized carbons (Fsp3) is 0.500. The first-order valence-corrected chi connectivity index (χ1v) is 7.85.